The Morgan fingerprint density at radius 1 is 0.289 bits per heavy atom. The van der Waals surface area contributed by atoms with Crippen LogP contribution in [0.4, 0.5) is 17.1 Å². The lowest BCUT2D eigenvalue weighted by Gasteiger charge is -2.39. The van der Waals surface area contributed by atoms with Gasteiger partial charge in [-0.25, -0.2) is 0 Å². The molecule has 2 heteroatoms. The Morgan fingerprint density at radius 2 is 0.776 bits per heavy atom. The molecule has 0 bridgehead atoms. The van der Waals surface area contributed by atoms with Gasteiger partial charge in [0, 0.05) is 27.7 Å². The fourth-order valence-electron chi connectivity index (χ4n) is 14.1. The molecule has 1 aromatic heterocycles. The second-order valence-corrected chi connectivity index (χ2v) is 20.6. The number of para-hydroxylation sites is 3. The van der Waals surface area contributed by atoms with E-state index in [2.05, 4.69) is 301 Å². The minimum atomic E-state index is -0.525. The van der Waals surface area contributed by atoms with Crippen molar-refractivity contribution in [2.45, 2.75) is 10.8 Å². The zero-order chi connectivity index (χ0) is 50.0. The van der Waals surface area contributed by atoms with Crippen LogP contribution >= 0.6 is 0 Å². The van der Waals surface area contributed by atoms with Gasteiger partial charge in [0.25, 0.3) is 0 Å². The first-order chi connectivity index (χ1) is 37.7. The summed E-state index contributed by atoms with van der Waals surface area (Å²) in [5, 5.41) is 2.57. The number of nitrogens with zero attached hydrogens (tertiary/aromatic N) is 2. The smallest absolute Gasteiger partial charge is 0.0754 e. The molecule has 12 aromatic carbocycles. The third-order valence-electron chi connectivity index (χ3n) is 17.1. The van der Waals surface area contributed by atoms with Crippen LogP contribution in [0.5, 0.6) is 0 Å². The summed E-state index contributed by atoms with van der Waals surface area (Å²) >= 11 is 0. The van der Waals surface area contributed by atoms with Crippen molar-refractivity contribution in [3.05, 3.63) is 336 Å². The normalized spacial score (nSPS) is 15.0. The number of rotatable bonds is 7. The summed E-state index contributed by atoms with van der Waals surface area (Å²) in [5.74, 6) is 0. The van der Waals surface area contributed by atoms with E-state index in [-0.39, 0.29) is 0 Å². The molecule has 2 aliphatic carbocycles. The number of hydrogen-bond donors (Lipinski definition) is 0. The summed E-state index contributed by atoms with van der Waals surface area (Å²) in [6, 6.07) is 109. The van der Waals surface area contributed by atoms with Crippen LogP contribution in [-0.4, -0.2) is 4.57 Å². The molecular formula is C74H48N2. The minimum Gasteiger partial charge on any atom is -0.310 e. The molecule has 13 aromatic rings. The lowest BCUT2D eigenvalue weighted by molar-refractivity contribution is 0.749. The predicted molar refractivity (Wildman–Crippen MR) is 315 cm³/mol. The van der Waals surface area contributed by atoms with E-state index < -0.39 is 10.8 Å². The van der Waals surface area contributed by atoms with Gasteiger partial charge in [-0.1, -0.05) is 243 Å². The second-order valence-electron chi connectivity index (χ2n) is 20.6. The monoisotopic (exact) mass is 964 g/mol. The van der Waals surface area contributed by atoms with Crippen molar-refractivity contribution in [3.8, 4) is 50.2 Å². The van der Waals surface area contributed by atoms with E-state index in [1.54, 1.807) is 0 Å². The third kappa shape index (κ3) is 5.76. The van der Waals surface area contributed by atoms with E-state index in [0.29, 0.717) is 0 Å². The summed E-state index contributed by atoms with van der Waals surface area (Å²) in [7, 11) is 0. The molecule has 0 amide bonds. The summed E-state index contributed by atoms with van der Waals surface area (Å²) in [5.41, 5.74) is 26.2. The van der Waals surface area contributed by atoms with Crippen LogP contribution in [0, 0.1) is 0 Å². The quantitative estimate of drug-likeness (QED) is 0.155. The van der Waals surface area contributed by atoms with Gasteiger partial charge < -0.3 is 9.47 Å². The Labute approximate surface area is 442 Å². The van der Waals surface area contributed by atoms with Crippen LogP contribution in [0.25, 0.3) is 72.0 Å². The van der Waals surface area contributed by atoms with E-state index in [1.165, 1.54) is 117 Å². The SMILES string of the molecule is c1ccc(-c2ccc(N(c3ccc(-c4ccc5c(c4)C4(c6ccccc6-5)c5ccccc5-n5c6ccccc6c6cccc4c65)cc3)c3cccc4c3-c3ccccc3C4(c3ccccc3)c3ccccc3)cc2)cc1. The van der Waals surface area contributed by atoms with E-state index in [0.717, 1.165) is 17.1 Å². The summed E-state index contributed by atoms with van der Waals surface area (Å²) in [4.78, 5) is 2.48. The van der Waals surface area contributed by atoms with Gasteiger partial charge in [-0.3, -0.25) is 0 Å². The van der Waals surface area contributed by atoms with Gasteiger partial charge in [0.05, 0.1) is 33.2 Å². The Kier molecular flexibility index (Phi) is 9.20. The highest BCUT2D eigenvalue weighted by Crippen LogP contribution is 2.62. The molecule has 1 unspecified atom stereocenters. The number of hydrogen-bond acceptors (Lipinski definition) is 1. The molecule has 76 heavy (non-hydrogen) atoms. The summed E-state index contributed by atoms with van der Waals surface area (Å²) < 4.78 is 2.52. The van der Waals surface area contributed by atoms with E-state index in [4.69, 9.17) is 0 Å². The van der Waals surface area contributed by atoms with Crippen molar-refractivity contribution in [2.24, 2.45) is 0 Å². The van der Waals surface area contributed by atoms with Gasteiger partial charge in [0.1, 0.15) is 0 Å². The molecule has 3 aliphatic rings. The third-order valence-corrected chi connectivity index (χ3v) is 17.1. The van der Waals surface area contributed by atoms with Gasteiger partial charge in [-0.2, -0.15) is 0 Å². The highest BCUT2D eigenvalue weighted by molar-refractivity contribution is 6.13. The average molecular weight is 965 g/mol. The molecule has 2 heterocycles. The number of fused-ring (bicyclic) bond motifs is 15. The van der Waals surface area contributed by atoms with Gasteiger partial charge in [0.2, 0.25) is 0 Å². The highest BCUT2D eigenvalue weighted by atomic mass is 15.1. The van der Waals surface area contributed by atoms with Crippen LogP contribution in [0.15, 0.2) is 291 Å². The van der Waals surface area contributed by atoms with Gasteiger partial charge in [0.15, 0.2) is 0 Å². The second kappa shape index (κ2) is 16.4. The molecule has 1 spiro atoms. The molecule has 1 atom stereocenters. The molecular weight excluding hydrogens is 917 g/mol. The lowest BCUT2D eigenvalue weighted by atomic mass is 9.65. The van der Waals surface area contributed by atoms with E-state index in [1.807, 2.05) is 0 Å². The van der Waals surface area contributed by atoms with Crippen molar-refractivity contribution in [1.29, 1.82) is 0 Å². The van der Waals surface area contributed by atoms with Crippen molar-refractivity contribution in [1.82, 2.24) is 4.57 Å². The number of benzene rings is 12. The zero-order valence-electron chi connectivity index (χ0n) is 41.6. The number of aromatic nitrogens is 1. The Morgan fingerprint density at radius 3 is 1.49 bits per heavy atom. The highest BCUT2D eigenvalue weighted by Gasteiger charge is 2.51. The average Bonchev–Trinajstić information content (AvgIpc) is 4.30. The lowest BCUT2D eigenvalue weighted by Crippen LogP contribution is -2.33. The molecule has 0 N–H and O–H groups in total. The number of anilines is 3. The molecule has 0 fully saturated rings. The van der Waals surface area contributed by atoms with Crippen molar-refractivity contribution in [2.75, 3.05) is 4.90 Å². The zero-order valence-corrected chi connectivity index (χ0v) is 41.6. The predicted octanol–water partition coefficient (Wildman–Crippen LogP) is 18.6. The van der Waals surface area contributed by atoms with Crippen molar-refractivity contribution >= 4 is 38.9 Å². The van der Waals surface area contributed by atoms with Crippen molar-refractivity contribution < 1.29 is 0 Å². The molecule has 0 saturated carbocycles. The first kappa shape index (κ1) is 42.7. The largest absolute Gasteiger partial charge is 0.310 e. The van der Waals surface area contributed by atoms with Crippen LogP contribution in [-0.2, 0) is 10.8 Å². The maximum absolute atomic E-state index is 2.52. The van der Waals surface area contributed by atoms with Gasteiger partial charge >= 0.3 is 0 Å². The standard InChI is InChI=1S/C74H48N2/c1-4-20-49(21-5-1)50-38-43-55(44-39-50)75(70-37-19-33-65-71(70)61-28-11-14-31-63(61)73(65,53-22-6-2-7-23-53)54-24-8-3-9-25-54)56-45-40-51(41-46-56)52-42-47-58-57-26-10-13-30-62(57)74(67(58)48-52)64-32-15-17-36-69(64)76-68-35-16-12-27-59(68)60-29-18-34-66(74)72(60)76/h1-48H. The topological polar surface area (TPSA) is 8.17 Å². The fraction of sp³-hybridized carbons (Fsp3) is 0.0270. The molecule has 16 rings (SSSR count). The van der Waals surface area contributed by atoms with Crippen LogP contribution in [0.1, 0.15) is 44.5 Å². The summed E-state index contributed by atoms with van der Waals surface area (Å²) in [6.07, 6.45) is 0. The molecule has 1 aliphatic heterocycles. The van der Waals surface area contributed by atoms with Crippen molar-refractivity contribution in [3.63, 3.8) is 0 Å². The molecule has 2 nitrogen and oxygen atoms in total. The van der Waals surface area contributed by atoms with Crippen LogP contribution in [0.2, 0.25) is 0 Å². The molecule has 354 valence electrons. The minimum absolute atomic E-state index is 0.524. The van der Waals surface area contributed by atoms with E-state index >= 15 is 0 Å². The maximum Gasteiger partial charge on any atom is 0.0754 e. The fourth-order valence-corrected chi connectivity index (χ4v) is 14.1. The Balaban J connectivity index is 0.887. The first-order valence-corrected chi connectivity index (χ1v) is 26.5. The Hall–Kier alpha value is -9.76. The molecule has 0 radical (unpaired) electrons. The summed E-state index contributed by atoms with van der Waals surface area (Å²) in [6.45, 7) is 0. The molecule has 0 saturated heterocycles. The van der Waals surface area contributed by atoms with Gasteiger partial charge in [-0.05, 0) is 132 Å². The maximum atomic E-state index is 2.52. The van der Waals surface area contributed by atoms with Gasteiger partial charge in [-0.15, -0.1) is 0 Å². The van der Waals surface area contributed by atoms with Crippen LogP contribution < -0.4 is 4.90 Å². The first-order valence-electron chi connectivity index (χ1n) is 26.5. The van der Waals surface area contributed by atoms with Crippen LogP contribution in [0.3, 0.4) is 0 Å². The Bertz CT molecular complexity index is 4400. The van der Waals surface area contributed by atoms with E-state index in [9.17, 15) is 0 Å².